The molecule has 0 saturated carbocycles. The molecule has 2 heterocycles. The summed E-state index contributed by atoms with van der Waals surface area (Å²) >= 11 is 12.5. The second kappa shape index (κ2) is 4.37. The molecule has 1 aliphatic heterocycles. The molecule has 4 heteroatoms. The fourth-order valence-electron chi connectivity index (χ4n) is 2.78. The van der Waals surface area contributed by atoms with E-state index in [1.54, 1.807) is 10.6 Å². The Morgan fingerprint density at radius 1 is 1.10 bits per heavy atom. The molecule has 0 fully saturated rings. The number of halogens is 2. The van der Waals surface area contributed by atoms with Gasteiger partial charge in [0.15, 0.2) is 0 Å². The first-order valence-corrected chi connectivity index (χ1v) is 7.05. The zero-order valence-electron chi connectivity index (χ0n) is 10.5. The van der Waals surface area contributed by atoms with Crippen molar-refractivity contribution < 1.29 is 0 Å². The largest absolute Gasteiger partial charge is 0.280 e. The summed E-state index contributed by atoms with van der Waals surface area (Å²) in [7, 11) is 0. The van der Waals surface area contributed by atoms with E-state index in [1.165, 1.54) is 11.1 Å². The predicted octanol–water partition coefficient (Wildman–Crippen LogP) is 5.03. The van der Waals surface area contributed by atoms with Crippen LogP contribution in [0.1, 0.15) is 5.56 Å². The maximum Gasteiger partial charge on any atom is 0.0710 e. The van der Waals surface area contributed by atoms with Gasteiger partial charge in [0.2, 0.25) is 0 Å². The Bertz CT molecular complexity index is 830. The number of benzene rings is 2. The van der Waals surface area contributed by atoms with Gasteiger partial charge in [-0.2, -0.15) is 0 Å². The van der Waals surface area contributed by atoms with E-state index in [0.29, 0.717) is 11.6 Å². The molecule has 2 nitrogen and oxygen atoms in total. The third kappa shape index (κ3) is 1.69. The summed E-state index contributed by atoms with van der Waals surface area (Å²) in [6.07, 6.45) is 1.67. The van der Waals surface area contributed by atoms with E-state index in [0.717, 1.165) is 22.2 Å². The lowest BCUT2D eigenvalue weighted by molar-refractivity contribution is 1.03. The van der Waals surface area contributed by atoms with Crippen molar-refractivity contribution in [2.24, 2.45) is 0 Å². The molecular weight excluding hydrogens is 291 g/mol. The Labute approximate surface area is 126 Å². The van der Waals surface area contributed by atoms with Gasteiger partial charge >= 0.3 is 0 Å². The molecule has 0 saturated heterocycles. The Morgan fingerprint density at radius 2 is 1.95 bits per heavy atom. The standard InChI is InChI=1S/C16H10Cl2N2/c17-11-7-13-14(19-8-11)5-6-15-16(13)12-4-2-1-3-10(12)9-20(15)18/h1-8H,9H2. The van der Waals surface area contributed by atoms with Gasteiger partial charge in [0, 0.05) is 28.9 Å². The Balaban J connectivity index is 2.16. The van der Waals surface area contributed by atoms with Crippen molar-refractivity contribution in [3.63, 3.8) is 0 Å². The number of hydrogen-bond donors (Lipinski definition) is 0. The van der Waals surface area contributed by atoms with Crippen LogP contribution in [0.4, 0.5) is 5.69 Å². The molecule has 0 radical (unpaired) electrons. The van der Waals surface area contributed by atoms with Crippen LogP contribution in [0, 0.1) is 0 Å². The molecule has 20 heavy (non-hydrogen) atoms. The highest BCUT2D eigenvalue weighted by molar-refractivity contribution is 6.32. The van der Waals surface area contributed by atoms with Crippen molar-refractivity contribution in [1.82, 2.24) is 4.98 Å². The second-order valence-corrected chi connectivity index (χ2v) is 5.70. The summed E-state index contributed by atoms with van der Waals surface area (Å²) in [6.45, 7) is 0.699. The van der Waals surface area contributed by atoms with Gasteiger partial charge in [-0.1, -0.05) is 35.9 Å². The van der Waals surface area contributed by atoms with Gasteiger partial charge in [-0.15, -0.1) is 0 Å². The van der Waals surface area contributed by atoms with Crippen LogP contribution in [0.5, 0.6) is 0 Å². The molecule has 0 unspecified atom stereocenters. The highest BCUT2D eigenvalue weighted by atomic mass is 35.5. The predicted molar refractivity (Wildman–Crippen MR) is 84.2 cm³/mol. The van der Waals surface area contributed by atoms with E-state index < -0.39 is 0 Å². The molecule has 4 rings (SSSR count). The minimum atomic E-state index is 0.634. The van der Waals surface area contributed by atoms with Crippen LogP contribution < -0.4 is 4.42 Å². The van der Waals surface area contributed by atoms with Crippen LogP contribution in [0.3, 0.4) is 0 Å². The Morgan fingerprint density at radius 3 is 2.85 bits per heavy atom. The van der Waals surface area contributed by atoms with Gasteiger partial charge in [-0.3, -0.25) is 9.40 Å². The maximum atomic E-state index is 6.40. The SMILES string of the molecule is Clc1cnc2ccc3c(c2c1)-c1ccccc1CN3Cl. The zero-order chi connectivity index (χ0) is 13.7. The van der Waals surface area contributed by atoms with Crippen LogP contribution in [-0.4, -0.2) is 4.98 Å². The summed E-state index contributed by atoms with van der Waals surface area (Å²) < 4.78 is 1.75. The number of hydrogen-bond acceptors (Lipinski definition) is 2. The quantitative estimate of drug-likeness (QED) is 0.541. The van der Waals surface area contributed by atoms with Crippen molar-refractivity contribution >= 4 is 40.0 Å². The third-order valence-electron chi connectivity index (χ3n) is 3.67. The molecule has 0 amide bonds. The first-order chi connectivity index (χ1) is 9.74. The lowest BCUT2D eigenvalue weighted by Gasteiger charge is -2.28. The normalized spacial score (nSPS) is 13.2. The van der Waals surface area contributed by atoms with E-state index in [2.05, 4.69) is 17.1 Å². The van der Waals surface area contributed by atoms with Crippen molar-refractivity contribution in [2.75, 3.05) is 4.42 Å². The molecule has 2 aromatic carbocycles. The number of aromatic nitrogens is 1. The van der Waals surface area contributed by atoms with E-state index in [1.807, 2.05) is 30.3 Å². The minimum Gasteiger partial charge on any atom is -0.280 e. The number of rotatable bonds is 0. The van der Waals surface area contributed by atoms with Gasteiger partial charge in [0.1, 0.15) is 0 Å². The fourth-order valence-corrected chi connectivity index (χ4v) is 3.21. The molecule has 0 atom stereocenters. The van der Waals surface area contributed by atoms with Crippen LogP contribution >= 0.6 is 23.4 Å². The molecule has 3 aromatic rings. The number of anilines is 1. The smallest absolute Gasteiger partial charge is 0.0710 e. The maximum absolute atomic E-state index is 6.40. The minimum absolute atomic E-state index is 0.634. The van der Waals surface area contributed by atoms with Gasteiger partial charge in [-0.25, -0.2) is 0 Å². The Kier molecular flexibility index (Phi) is 2.62. The van der Waals surface area contributed by atoms with E-state index >= 15 is 0 Å². The van der Waals surface area contributed by atoms with Gasteiger partial charge < -0.3 is 0 Å². The molecule has 1 aromatic heterocycles. The van der Waals surface area contributed by atoms with Crippen LogP contribution in [0.15, 0.2) is 48.7 Å². The van der Waals surface area contributed by atoms with Crippen LogP contribution in [0.25, 0.3) is 22.0 Å². The average molecular weight is 301 g/mol. The summed E-state index contributed by atoms with van der Waals surface area (Å²) in [5, 5.41) is 1.67. The van der Waals surface area contributed by atoms with Gasteiger partial charge in [-0.05, 0) is 29.3 Å². The molecule has 98 valence electrons. The van der Waals surface area contributed by atoms with Crippen molar-refractivity contribution in [1.29, 1.82) is 0 Å². The van der Waals surface area contributed by atoms with E-state index in [-0.39, 0.29) is 0 Å². The van der Waals surface area contributed by atoms with Crippen molar-refractivity contribution in [3.05, 3.63) is 59.2 Å². The molecule has 0 aliphatic carbocycles. The lowest BCUT2D eigenvalue weighted by atomic mass is 9.91. The first-order valence-electron chi connectivity index (χ1n) is 6.34. The summed E-state index contributed by atoms with van der Waals surface area (Å²) in [5.41, 5.74) is 5.45. The first kappa shape index (κ1) is 12.0. The van der Waals surface area contributed by atoms with E-state index in [9.17, 15) is 0 Å². The fraction of sp³-hybridized carbons (Fsp3) is 0.0625. The molecular formula is C16H10Cl2N2. The van der Waals surface area contributed by atoms with Gasteiger partial charge in [0.05, 0.1) is 22.8 Å². The van der Waals surface area contributed by atoms with E-state index in [4.69, 9.17) is 23.4 Å². The zero-order valence-corrected chi connectivity index (χ0v) is 12.0. The Hall–Kier alpha value is -1.77. The monoisotopic (exact) mass is 300 g/mol. The number of pyridine rings is 1. The summed E-state index contributed by atoms with van der Waals surface area (Å²) in [4.78, 5) is 4.39. The van der Waals surface area contributed by atoms with Gasteiger partial charge in [0.25, 0.3) is 0 Å². The summed E-state index contributed by atoms with van der Waals surface area (Å²) in [5.74, 6) is 0. The topological polar surface area (TPSA) is 16.1 Å². The second-order valence-electron chi connectivity index (χ2n) is 4.86. The molecule has 0 bridgehead atoms. The molecule has 1 aliphatic rings. The van der Waals surface area contributed by atoms with Crippen LogP contribution in [-0.2, 0) is 6.54 Å². The number of fused-ring (bicyclic) bond motifs is 5. The van der Waals surface area contributed by atoms with Crippen molar-refractivity contribution in [3.8, 4) is 11.1 Å². The summed E-state index contributed by atoms with van der Waals surface area (Å²) in [6, 6.07) is 14.3. The lowest BCUT2D eigenvalue weighted by Crippen LogP contribution is -2.16. The highest BCUT2D eigenvalue weighted by Gasteiger charge is 2.23. The number of nitrogens with zero attached hydrogens (tertiary/aromatic N) is 2. The molecule has 0 N–H and O–H groups in total. The highest BCUT2D eigenvalue weighted by Crippen LogP contribution is 2.44. The average Bonchev–Trinajstić information content (AvgIpc) is 2.46. The van der Waals surface area contributed by atoms with Crippen molar-refractivity contribution in [2.45, 2.75) is 6.54 Å². The van der Waals surface area contributed by atoms with Crippen LogP contribution in [0.2, 0.25) is 5.02 Å². The third-order valence-corrected chi connectivity index (χ3v) is 4.18. The molecule has 0 spiro atoms.